The van der Waals surface area contributed by atoms with Gasteiger partial charge in [0.25, 0.3) is 17.0 Å². The Morgan fingerprint density at radius 3 is 1.29 bits per heavy atom. The zero-order chi connectivity index (χ0) is 17.2. The van der Waals surface area contributed by atoms with Crippen LogP contribution in [0.15, 0.2) is 0 Å². The summed E-state index contributed by atoms with van der Waals surface area (Å²) in [7, 11) is -1.73. The van der Waals surface area contributed by atoms with E-state index in [0.717, 1.165) is 0 Å². The van der Waals surface area contributed by atoms with Crippen molar-refractivity contribution in [1.82, 2.24) is 9.13 Å². The Labute approximate surface area is 136 Å². The molecule has 0 fully saturated rings. The fraction of sp³-hybridized carbons (Fsp3) is 1.00. The molecule has 0 heterocycles. The summed E-state index contributed by atoms with van der Waals surface area (Å²) < 4.78 is 18.0. The Hall–Kier alpha value is 0.491. The van der Waals surface area contributed by atoms with Gasteiger partial charge in [-0.05, 0) is 65.5 Å². The van der Waals surface area contributed by atoms with E-state index >= 15 is 0 Å². The second kappa shape index (κ2) is 7.37. The third kappa shape index (κ3) is 6.64. The molecule has 0 rings (SSSR count). The summed E-state index contributed by atoms with van der Waals surface area (Å²) in [4.78, 5) is 0. The highest BCUT2D eigenvalue weighted by Crippen LogP contribution is 2.26. The molecule has 0 aliphatic heterocycles. The molecule has 0 aliphatic carbocycles. The molecule has 4 nitrogen and oxygen atoms in total. The minimum atomic E-state index is -2.15. The largest absolute Gasteiger partial charge is 0.424 e. The van der Waals surface area contributed by atoms with E-state index in [-0.39, 0.29) is 0 Å². The van der Waals surface area contributed by atoms with Gasteiger partial charge in [-0.25, -0.2) is 0 Å². The lowest BCUT2D eigenvalue weighted by Crippen LogP contribution is -2.64. The number of rotatable bonds is 8. The van der Waals surface area contributed by atoms with Crippen molar-refractivity contribution in [1.29, 1.82) is 0 Å². The van der Waals surface area contributed by atoms with E-state index in [1.807, 2.05) is 0 Å². The van der Waals surface area contributed by atoms with E-state index < -0.39 is 25.5 Å². The minimum absolute atomic E-state index is 0.496. The average Bonchev–Trinajstić information content (AvgIpc) is 2.09. The lowest BCUT2D eigenvalue weighted by Gasteiger charge is -2.47. The Balaban J connectivity index is 5.14. The molecule has 0 N–H and O–H groups in total. The summed E-state index contributed by atoms with van der Waals surface area (Å²) in [5.74, 6) is 0. The fourth-order valence-electron chi connectivity index (χ4n) is 3.21. The van der Waals surface area contributed by atoms with Crippen molar-refractivity contribution in [2.24, 2.45) is 0 Å². The van der Waals surface area contributed by atoms with Gasteiger partial charge in [0.2, 0.25) is 0 Å². The van der Waals surface area contributed by atoms with Crippen molar-refractivity contribution in [2.75, 3.05) is 14.1 Å². The summed E-state index contributed by atoms with van der Waals surface area (Å²) in [6.07, 6.45) is 0. The summed E-state index contributed by atoms with van der Waals surface area (Å²) in [5, 5.41) is 0. The van der Waals surface area contributed by atoms with Crippen molar-refractivity contribution >= 4 is 25.5 Å². The zero-order valence-electron chi connectivity index (χ0n) is 16.4. The van der Waals surface area contributed by atoms with Crippen LogP contribution < -0.4 is 0 Å². The standard InChI is InChI=1S/C14H38N2O2Si3/c1-13(2)16(14(3)4)20(9,10)18-21(11,12)17-19(7,8)15(5)6/h13-14H,1-12H3. The molecule has 0 bridgehead atoms. The van der Waals surface area contributed by atoms with E-state index in [9.17, 15) is 0 Å². The molecule has 0 aromatic rings. The van der Waals surface area contributed by atoms with Gasteiger partial charge in [-0.2, -0.15) is 0 Å². The first-order chi connectivity index (χ1) is 9.12. The Morgan fingerprint density at radius 2 is 1.00 bits per heavy atom. The fourth-order valence-corrected chi connectivity index (χ4v) is 17.0. The second-order valence-electron chi connectivity index (χ2n) is 7.99. The van der Waals surface area contributed by atoms with Crippen LogP contribution in [0, 0.1) is 0 Å². The molecule has 0 amide bonds. The third-order valence-electron chi connectivity index (χ3n) is 3.80. The van der Waals surface area contributed by atoms with Gasteiger partial charge in [0.05, 0.1) is 0 Å². The van der Waals surface area contributed by atoms with Gasteiger partial charge in [-0.3, -0.25) is 4.57 Å². The normalized spacial score (nSPS) is 14.9. The number of hydrogen-bond acceptors (Lipinski definition) is 4. The quantitative estimate of drug-likeness (QED) is 0.622. The first-order valence-electron chi connectivity index (χ1n) is 7.98. The molecule has 0 aromatic carbocycles. The molecule has 0 saturated heterocycles. The maximum atomic E-state index is 6.69. The molecule has 7 heteroatoms. The van der Waals surface area contributed by atoms with Gasteiger partial charge in [-0.1, -0.05) is 27.7 Å². The van der Waals surface area contributed by atoms with Crippen LogP contribution in [0.3, 0.4) is 0 Å². The Kier molecular flexibility index (Phi) is 7.55. The molecule has 0 saturated carbocycles. The highest BCUT2D eigenvalue weighted by Gasteiger charge is 2.44. The maximum absolute atomic E-state index is 6.69. The first-order valence-corrected chi connectivity index (χ1v) is 16.5. The van der Waals surface area contributed by atoms with Crippen molar-refractivity contribution in [2.45, 2.75) is 79.1 Å². The third-order valence-corrected chi connectivity index (χ3v) is 16.2. The van der Waals surface area contributed by atoms with Crippen molar-refractivity contribution in [3.05, 3.63) is 0 Å². The van der Waals surface area contributed by atoms with E-state index in [1.54, 1.807) is 0 Å². The van der Waals surface area contributed by atoms with Crippen molar-refractivity contribution in [3.8, 4) is 0 Å². The first kappa shape index (κ1) is 21.5. The molecular weight excluding hydrogens is 312 g/mol. The lowest BCUT2D eigenvalue weighted by molar-refractivity contribution is 0.237. The van der Waals surface area contributed by atoms with Crippen molar-refractivity contribution in [3.63, 3.8) is 0 Å². The number of hydrogen-bond donors (Lipinski definition) is 0. The predicted octanol–water partition coefficient (Wildman–Crippen LogP) is 3.81. The summed E-state index contributed by atoms with van der Waals surface area (Å²) in [6.45, 7) is 22.5. The van der Waals surface area contributed by atoms with E-state index in [4.69, 9.17) is 8.23 Å². The molecule has 0 spiro atoms. The van der Waals surface area contributed by atoms with Gasteiger partial charge in [0.15, 0.2) is 0 Å². The molecule has 0 atom stereocenters. The van der Waals surface area contributed by atoms with Crippen LogP contribution in [-0.4, -0.2) is 60.8 Å². The topological polar surface area (TPSA) is 24.9 Å². The van der Waals surface area contributed by atoms with Crippen LogP contribution in [0.5, 0.6) is 0 Å². The van der Waals surface area contributed by atoms with Crippen LogP contribution in [-0.2, 0) is 8.23 Å². The van der Waals surface area contributed by atoms with Crippen molar-refractivity contribution < 1.29 is 8.23 Å². The smallest absolute Gasteiger partial charge is 0.312 e. The molecule has 0 aromatic heterocycles. The van der Waals surface area contributed by atoms with Gasteiger partial charge < -0.3 is 12.8 Å². The predicted molar refractivity (Wildman–Crippen MR) is 100 cm³/mol. The van der Waals surface area contributed by atoms with Gasteiger partial charge in [0.1, 0.15) is 0 Å². The SMILES string of the molecule is CC(C)N(C(C)C)[Si](C)(C)O[Si](C)(C)O[Si](C)(C)N(C)C. The van der Waals surface area contributed by atoms with Crippen LogP contribution in [0.25, 0.3) is 0 Å². The van der Waals surface area contributed by atoms with E-state index in [0.29, 0.717) is 12.1 Å². The van der Waals surface area contributed by atoms with Gasteiger partial charge >= 0.3 is 8.56 Å². The molecule has 21 heavy (non-hydrogen) atoms. The molecule has 128 valence electrons. The minimum Gasteiger partial charge on any atom is -0.424 e. The number of nitrogens with zero attached hydrogens (tertiary/aromatic N) is 2. The Bertz CT molecular complexity index is 324. The van der Waals surface area contributed by atoms with Crippen LogP contribution in [0.4, 0.5) is 0 Å². The highest BCUT2D eigenvalue weighted by atomic mass is 28.5. The second-order valence-corrected chi connectivity index (χ2v) is 19.6. The molecule has 0 radical (unpaired) electrons. The van der Waals surface area contributed by atoms with Crippen LogP contribution in [0.1, 0.15) is 27.7 Å². The van der Waals surface area contributed by atoms with Crippen LogP contribution in [0.2, 0.25) is 39.3 Å². The van der Waals surface area contributed by atoms with E-state index in [1.165, 1.54) is 0 Å². The summed E-state index contributed by atoms with van der Waals surface area (Å²) >= 11 is 0. The highest BCUT2D eigenvalue weighted by molar-refractivity contribution is 6.86. The lowest BCUT2D eigenvalue weighted by atomic mass is 10.3. The van der Waals surface area contributed by atoms with Gasteiger partial charge in [0, 0.05) is 0 Å². The zero-order valence-corrected chi connectivity index (χ0v) is 19.4. The van der Waals surface area contributed by atoms with E-state index in [2.05, 4.69) is 90.2 Å². The summed E-state index contributed by atoms with van der Waals surface area (Å²) in [5.41, 5.74) is 0. The average molecular weight is 351 g/mol. The molecular formula is C14H38N2O2Si3. The van der Waals surface area contributed by atoms with Crippen LogP contribution >= 0.6 is 0 Å². The molecule has 0 aliphatic rings. The molecule has 0 unspecified atom stereocenters. The monoisotopic (exact) mass is 350 g/mol. The van der Waals surface area contributed by atoms with Gasteiger partial charge in [-0.15, -0.1) is 0 Å². The Morgan fingerprint density at radius 1 is 0.667 bits per heavy atom. The maximum Gasteiger partial charge on any atom is 0.312 e. The summed E-state index contributed by atoms with van der Waals surface area (Å²) in [6, 6.07) is 0.992.